The first-order chi connectivity index (χ1) is 8.65. The fourth-order valence-corrected chi connectivity index (χ4v) is 2.08. The first-order valence-electron chi connectivity index (χ1n) is 6.00. The fraction of sp³-hybridized carbons (Fsp3) is 0.636. The van der Waals surface area contributed by atoms with Crippen molar-refractivity contribution in [3.8, 4) is 0 Å². The zero-order valence-corrected chi connectivity index (χ0v) is 11.2. The van der Waals surface area contributed by atoms with Crippen LogP contribution in [-0.4, -0.2) is 53.8 Å². The molecule has 2 heterocycles. The summed E-state index contributed by atoms with van der Waals surface area (Å²) in [6.45, 7) is 6.53. The van der Waals surface area contributed by atoms with Gasteiger partial charge >= 0.3 is 0 Å². The molecule has 7 heteroatoms. The molecule has 1 aromatic heterocycles. The number of aromatic nitrogens is 2. The number of morpholine rings is 1. The SMILES string of the molecule is CC(CN1CCOCC1)Nc1nc(N)ncc1Cl. The van der Waals surface area contributed by atoms with E-state index in [-0.39, 0.29) is 12.0 Å². The number of rotatable bonds is 4. The smallest absolute Gasteiger partial charge is 0.222 e. The van der Waals surface area contributed by atoms with Crippen molar-refractivity contribution in [1.82, 2.24) is 14.9 Å². The Morgan fingerprint density at radius 2 is 2.28 bits per heavy atom. The molecule has 1 fully saturated rings. The van der Waals surface area contributed by atoms with E-state index in [9.17, 15) is 0 Å². The summed E-state index contributed by atoms with van der Waals surface area (Å²) in [6.07, 6.45) is 1.51. The molecule has 0 saturated carbocycles. The van der Waals surface area contributed by atoms with Crippen molar-refractivity contribution in [3.05, 3.63) is 11.2 Å². The van der Waals surface area contributed by atoms with Gasteiger partial charge in [0.2, 0.25) is 5.95 Å². The second-order valence-corrected chi connectivity index (χ2v) is 4.79. The van der Waals surface area contributed by atoms with Gasteiger partial charge in [0.1, 0.15) is 5.02 Å². The van der Waals surface area contributed by atoms with Crippen LogP contribution in [0, 0.1) is 0 Å². The van der Waals surface area contributed by atoms with E-state index in [0.29, 0.717) is 10.8 Å². The molecule has 0 aromatic carbocycles. The lowest BCUT2D eigenvalue weighted by molar-refractivity contribution is 0.0368. The van der Waals surface area contributed by atoms with Crippen LogP contribution in [0.3, 0.4) is 0 Å². The van der Waals surface area contributed by atoms with Crippen LogP contribution < -0.4 is 11.1 Å². The van der Waals surface area contributed by atoms with Crippen molar-refractivity contribution in [2.75, 3.05) is 43.9 Å². The van der Waals surface area contributed by atoms with Gasteiger partial charge < -0.3 is 15.8 Å². The third-order valence-corrected chi connectivity index (χ3v) is 3.06. The van der Waals surface area contributed by atoms with Crippen molar-refractivity contribution in [1.29, 1.82) is 0 Å². The van der Waals surface area contributed by atoms with E-state index in [2.05, 4.69) is 27.1 Å². The maximum absolute atomic E-state index is 6.01. The molecule has 1 unspecified atom stereocenters. The molecule has 0 aliphatic carbocycles. The number of nitrogen functional groups attached to an aromatic ring is 1. The van der Waals surface area contributed by atoms with Crippen molar-refractivity contribution < 1.29 is 4.74 Å². The Labute approximate surface area is 111 Å². The van der Waals surface area contributed by atoms with Gasteiger partial charge in [-0.15, -0.1) is 0 Å². The lowest BCUT2D eigenvalue weighted by Crippen LogP contribution is -2.42. The summed E-state index contributed by atoms with van der Waals surface area (Å²) in [5, 5.41) is 3.74. The van der Waals surface area contributed by atoms with Crippen molar-refractivity contribution >= 4 is 23.4 Å². The predicted octanol–water partition coefficient (Wildman–Crippen LogP) is 0.845. The maximum Gasteiger partial charge on any atom is 0.222 e. The molecule has 1 saturated heterocycles. The molecule has 1 aliphatic heterocycles. The van der Waals surface area contributed by atoms with Crippen LogP contribution in [0.2, 0.25) is 5.02 Å². The molecular weight excluding hydrogens is 254 g/mol. The quantitative estimate of drug-likeness (QED) is 0.845. The molecule has 1 atom stereocenters. The zero-order valence-electron chi connectivity index (χ0n) is 10.4. The number of nitrogens with one attached hydrogen (secondary N) is 1. The molecule has 18 heavy (non-hydrogen) atoms. The van der Waals surface area contributed by atoms with E-state index < -0.39 is 0 Å². The maximum atomic E-state index is 6.01. The Morgan fingerprint density at radius 3 is 3.00 bits per heavy atom. The molecule has 100 valence electrons. The molecule has 0 radical (unpaired) electrons. The monoisotopic (exact) mass is 271 g/mol. The lowest BCUT2D eigenvalue weighted by atomic mass is 10.3. The summed E-state index contributed by atoms with van der Waals surface area (Å²) >= 11 is 6.01. The van der Waals surface area contributed by atoms with E-state index in [0.717, 1.165) is 32.8 Å². The van der Waals surface area contributed by atoms with E-state index >= 15 is 0 Å². The van der Waals surface area contributed by atoms with E-state index in [1.165, 1.54) is 6.20 Å². The average molecular weight is 272 g/mol. The van der Waals surface area contributed by atoms with Crippen LogP contribution in [0.1, 0.15) is 6.92 Å². The minimum Gasteiger partial charge on any atom is -0.379 e. The van der Waals surface area contributed by atoms with Gasteiger partial charge in [-0.1, -0.05) is 11.6 Å². The van der Waals surface area contributed by atoms with Gasteiger partial charge in [0.25, 0.3) is 0 Å². The van der Waals surface area contributed by atoms with Crippen LogP contribution in [0.25, 0.3) is 0 Å². The molecule has 1 aromatic rings. The lowest BCUT2D eigenvalue weighted by Gasteiger charge is -2.29. The number of halogens is 1. The predicted molar refractivity (Wildman–Crippen MR) is 71.8 cm³/mol. The van der Waals surface area contributed by atoms with E-state index in [1.54, 1.807) is 0 Å². The second kappa shape index (κ2) is 6.17. The summed E-state index contributed by atoms with van der Waals surface area (Å²) in [5.41, 5.74) is 5.54. The van der Waals surface area contributed by atoms with Crippen molar-refractivity contribution in [3.63, 3.8) is 0 Å². The Morgan fingerprint density at radius 1 is 1.56 bits per heavy atom. The fourth-order valence-electron chi connectivity index (χ4n) is 1.93. The van der Waals surface area contributed by atoms with Gasteiger partial charge in [-0.2, -0.15) is 4.98 Å². The van der Waals surface area contributed by atoms with E-state index in [4.69, 9.17) is 22.1 Å². The summed E-state index contributed by atoms with van der Waals surface area (Å²) < 4.78 is 5.31. The Balaban J connectivity index is 1.89. The summed E-state index contributed by atoms with van der Waals surface area (Å²) in [4.78, 5) is 10.3. The normalized spacial score (nSPS) is 18.6. The largest absolute Gasteiger partial charge is 0.379 e. The van der Waals surface area contributed by atoms with Crippen molar-refractivity contribution in [2.45, 2.75) is 13.0 Å². The number of anilines is 2. The number of hydrogen-bond donors (Lipinski definition) is 2. The first kappa shape index (κ1) is 13.3. The summed E-state index contributed by atoms with van der Waals surface area (Å²) in [7, 11) is 0. The molecular formula is C11H18ClN5O. The molecule has 2 rings (SSSR count). The number of nitrogens with two attached hydrogens (primary N) is 1. The second-order valence-electron chi connectivity index (χ2n) is 4.38. The first-order valence-corrected chi connectivity index (χ1v) is 6.37. The van der Waals surface area contributed by atoms with Gasteiger partial charge in [-0.05, 0) is 6.92 Å². The van der Waals surface area contributed by atoms with Crippen LogP contribution in [0.15, 0.2) is 6.20 Å². The van der Waals surface area contributed by atoms with E-state index in [1.807, 2.05) is 0 Å². The highest BCUT2D eigenvalue weighted by Gasteiger charge is 2.15. The minimum absolute atomic E-state index is 0.223. The molecule has 0 bridgehead atoms. The topological polar surface area (TPSA) is 76.3 Å². The average Bonchev–Trinajstić information content (AvgIpc) is 2.35. The number of hydrogen-bond acceptors (Lipinski definition) is 6. The van der Waals surface area contributed by atoms with Gasteiger partial charge in [-0.3, -0.25) is 4.90 Å². The zero-order chi connectivity index (χ0) is 13.0. The Hall–Kier alpha value is -1.11. The standard InChI is InChI=1S/C11H18ClN5O/c1-8(7-17-2-4-18-5-3-17)15-10-9(12)6-14-11(13)16-10/h6,8H,2-5,7H2,1H3,(H3,13,14,15,16). The number of ether oxygens (including phenoxy) is 1. The third kappa shape index (κ3) is 3.69. The minimum atomic E-state index is 0.223. The molecule has 1 aliphatic rings. The summed E-state index contributed by atoms with van der Waals surface area (Å²) in [5.74, 6) is 0.811. The Kier molecular flexibility index (Phi) is 4.57. The van der Waals surface area contributed by atoms with Crippen LogP contribution in [-0.2, 0) is 4.74 Å². The summed E-state index contributed by atoms with van der Waals surface area (Å²) in [6, 6.07) is 0.231. The highest BCUT2D eigenvalue weighted by molar-refractivity contribution is 6.32. The molecule has 0 amide bonds. The highest BCUT2D eigenvalue weighted by Crippen LogP contribution is 2.19. The van der Waals surface area contributed by atoms with Crippen LogP contribution >= 0.6 is 11.6 Å². The van der Waals surface area contributed by atoms with Crippen LogP contribution in [0.5, 0.6) is 0 Å². The third-order valence-electron chi connectivity index (χ3n) is 2.78. The molecule has 3 N–H and O–H groups in total. The van der Waals surface area contributed by atoms with Crippen LogP contribution in [0.4, 0.5) is 11.8 Å². The van der Waals surface area contributed by atoms with Crippen molar-refractivity contribution in [2.24, 2.45) is 0 Å². The molecule has 6 nitrogen and oxygen atoms in total. The highest BCUT2D eigenvalue weighted by atomic mass is 35.5. The van der Waals surface area contributed by atoms with Gasteiger partial charge in [0.15, 0.2) is 5.82 Å². The van der Waals surface area contributed by atoms with Gasteiger partial charge in [-0.25, -0.2) is 4.98 Å². The number of nitrogens with zero attached hydrogens (tertiary/aromatic N) is 3. The molecule has 0 spiro atoms. The van der Waals surface area contributed by atoms with Gasteiger partial charge in [0.05, 0.1) is 19.4 Å². The Bertz CT molecular complexity index is 397. The van der Waals surface area contributed by atoms with Gasteiger partial charge in [0, 0.05) is 25.7 Å².